The summed E-state index contributed by atoms with van der Waals surface area (Å²) in [7, 11) is 0. The van der Waals surface area contributed by atoms with E-state index < -0.39 is 5.41 Å². The standard InChI is InChI=1S/C19H24ClNO4/c20-15-7-5-14(6-8-15)19(9-1-2-10-19)18(23)25-13-17(22)21-12-16-4-3-11-24-16/h5-8,16H,1-4,9-13H2,(H,21,22)/t16-/m0/s1. The fourth-order valence-electron chi connectivity index (χ4n) is 3.71. The summed E-state index contributed by atoms with van der Waals surface area (Å²) in [6.07, 6.45) is 5.50. The Kier molecular flexibility index (Phi) is 5.97. The zero-order valence-electron chi connectivity index (χ0n) is 14.3. The second-order valence-corrected chi connectivity index (χ2v) is 7.25. The van der Waals surface area contributed by atoms with Crippen LogP contribution >= 0.6 is 11.6 Å². The number of benzene rings is 1. The number of carbonyl (C=O) groups is 2. The molecular formula is C19H24ClNO4. The molecule has 5 nitrogen and oxygen atoms in total. The van der Waals surface area contributed by atoms with Crippen molar-refractivity contribution in [3.63, 3.8) is 0 Å². The molecule has 1 atom stereocenters. The smallest absolute Gasteiger partial charge is 0.317 e. The van der Waals surface area contributed by atoms with Gasteiger partial charge < -0.3 is 14.8 Å². The Balaban J connectivity index is 1.56. The summed E-state index contributed by atoms with van der Waals surface area (Å²) in [5, 5.41) is 3.41. The van der Waals surface area contributed by atoms with Gasteiger partial charge in [0.15, 0.2) is 6.61 Å². The third-order valence-corrected chi connectivity index (χ3v) is 5.38. The van der Waals surface area contributed by atoms with E-state index >= 15 is 0 Å². The molecule has 0 unspecified atom stereocenters. The third-order valence-electron chi connectivity index (χ3n) is 5.13. The average molecular weight is 366 g/mol. The molecule has 136 valence electrons. The monoisotopic (exact) mass is 365 g/mol. The highest BCUT2D eigenvalue weighted by Gasteiger charge is 2.44. The number of nitrogens with one attached hydrogen (secondary N) is 1. The first-order valence-corrected chi connectivity index (χ1v) is 9.29. The van der Waals surface area contributed by atoms with E-state index in [0.29, 0.717) is 11.6 Å². The predicted molar refractivity (Wildman–Crippen MR) is 94.5 cm³/mol. The van der Waals surface area contributed by atoms with Crippen LogP contribution in [0, 0.1) is 0 Å². The van der Waals surface area contributed by atoms with Crippen LogP contribution in [0.25, 0.3) is 0 Å². The molecule has 2 aliphatic rings. The molecule has 1 N–H and O–H groups in total. The number of rotatable bonds is 6. The molecule has 1 aliphatic carbocycles. The van der Waals surface area contributed by atoms with E-state index in [2.05, 4.69) is 5.32 Å². The fourth-order valence-corrected chi connectivity index (χ4v) is 3.84. The van der Waals surface area contributed by atoms with Crippen LogP contribution < -0.4 is 5.32 Å². The normalized spacial score (nSPS) is 21.9. The maximum absolute atomic E-state index is 12.8. The first-order valence-electron chi connectivity index (χ1n) is 8.92. The van der Waals surface area contributed by atoms with Crippen LogP contribution in [0.4, 0.5) is 0 Å². The Labute approximate surface area is 153 Å². The molecule has 1 saturated carbocycles. The van der Waals surface area contributed by atoms with E-state index in [1.54, 1.807) is 12.1 Å². The van der Waals surface area contributed by atoms with Crippen molar-refractivity contribution in [2.45, 2.75) is 50.0 Å². The largest absolute Gasteiger partial charge is 0.455 e. The Morgan fingerprint density at radius 3 is 2.56 bits per heavy atom. The molecule has 3 rings (SSSR count). The molecule has 1 aliphatic heterocycles. The van der Waals surface area contributed by atoms with Gasteiger partial charge in [0, 0.05) is 18.2 Å². The van der Waals surface area contributed by atoms with Crippen molar-refractivity contribution in [2.75, 3.05) is 19.8 Å². The summed E-state index contributed by atoms with van der Waals surface area (Å²) in [4.78, 5) is 24.7. The molecule has 1 aromatic rings. The minimum absolute atomic E-state index is 0.0786. The highest BCUT2D eigenvalue weighted by atomic mass is 35.5. The molecular weight excluding hydrogens is 342 g/mol. The van der Waals surface area contributed by atoms with Gasteiger partial charge in [0.2, 0.25) is 0 Å². The lowest BCUT2D eigenvalue weighted by molar-refractivity contribution is -0.154. The number of amides is 1. The third kappa shape index (κ3) is 4.33. The van der Waals surface area contributed by atoms with Gasteiger partial charge in [-0.15, -0.1) is 0 Å². The Morgan fingerprint density at radius 1 is 1.20 bits per heavy atom. The van der Waals surface area contributed by atoms with E-state index in [1.165, 1.54) is 0 Å². The maximum Gasteiger partial charge on any atom is 0.317 e. The topological polar surface area (TPSA) is 64.6 Å². The fraction of sp³-hybridized carbons (Fsp3) is 0.579. The van der Waals surface area contributed by atoms with E-state index in [9.17, 15) is 9.59 Å². The number of hydrogen-bond donors (Lipinski definition) is 1. The summed E-state index contributed by atoms with van der Waals surface area (Å²) >= 11 is 5.96. The Bertz CT molecular complexity index is 604. The second-order valence-electron chi connectivity index (χ2n) is 6.81. The second kappa shape index (κ2) is 8.19. The molecule has 2 fully saturated rings. The molecule has 1 heterocycles. The molecule has 1 amide bonds. The zero-order valence-corrected chi connectivity index (χ0v) is 15.0. The number of carbonyl (C=O) groups excluding carboxylic acids is 2. The molecule has 0 spiro atoms. The maximum atomic E-state index is 12.8. The first-order chi connectivity index (χ1) is 12.1. The van der Waals surface area contributed by atoms with Crippen molar-refractivity contribution in [3.8, 4) is 0 Å². The predicted octanol–water partition coefficient (Wildman–Crippen LogP) is 2.99. The van der Waals surface area contributed by atoms with Gasteiger partial charge >= 0.3 is 5.97 Å². The lowest BCUT2D eigenvalue weighted by Crippen LogP contribution is -2.39. The van der Waals surface area contributed by atoms with Crippen LogP contribution in [0.15, 0.2) is 24.3 Å². The van der Waals surface area contributed by atoms with E-state index in [-0.39, 0.29) is 24.6 Å². The number of ether oxygens (including phenoxy) is 2. The van der Waals surface area contributed by atoms with Gasteiger partial charge in [-0.25, -0.2) is 0 Å². The minimum Gasteiger partial charge on any atom is -0.455 e. The van der Waals surface area contributed by atoms with Crippen LogP contribution in [-0.2, 0) is 24.5 Å². The molecule has 0 bridgehead atoms. The number of halogens is 1. The van der Waals surface area contributed by atoms with Gasteiger partial charge in [-0.2, -0.15) is 0 Å². The van der Waals surface area contributed by atoms with Gasteiger partial charge in [0.05, 0.1) is 11.5 Å². The SMILES string of the molecule is O=C(COC(=O)C1(c2ccc(Cl)cc2)CCCC1)NC[C@@H]1CCCO1. The van der Waals surface area contributed by atoms with Gasteiger partial charge in [-0.1, -0.05) is 36.6 Å². The zero-order chi connectivity index (χ0) is 17.7. The van der Waals surface area contributed by atoms with Crippen LogP contribution in [0.5, 0.6) is 0 Å². The van der Waals surface area contributed by atoms with Crippen LogP contribution in [0.2, 0.25) is 5.02 Å². The molecule has 1 saturated heterocycles. The number of hydrogen-bond acceptors (Lipinski definition) is 4. The molecule has 1 aromatic carbocycles. The quantitative estimate of drug-likeness (QED) is 0.787. The molecule has 6 heteroatoms. The van der Waals surface area contributed by atoms with E-state index in [4.69, 9.17) is 21.1 Å². The van der Waals surface area contributed by atoms with Gasteiger partial charge in [0.1, 0.15) is 0 Å². The highest BCUT2D eigenvalue weighted by Crippen LogP contribution is 2.42. The first kappa shape index (κ1) is 18.2. The summed E-state index contributed by atoms with van der Waals surface area (Å²) in [6.45, 7) is 0.971. The van der Waals surface area contributed by atoms with Crippen LogP contribution in [0.1, 0.15) is 44.1 Å². The molecule has 25 heavy (non-hydrogen) atoms. The van der Waals surface area contributed by atoms with Crippen molar-refractivity contribution < 1.29 is 19.1 Å². The summed E-state index contributed by atoms with van der Waals surface area (Å²) in [5.74, 6) is -0.604. The lowest BCUT2D eigenvalue weighted by Gasteiger charge is -2.27. The summed E-state index contributed by atoms with van der Waals surface area (Å²) in [6, 6.07) is 7.34. The van der Waals surface area contributed by atoms with Gasteiger partial charge in [0.25, 0.3) is 5.91 Å². The van der Waals surface area contributed by atoms with E-state index in [1.807, 2.05) is 12.1 Å². The minimum atomic E-state index is -0.653. The lowest BCUT2D eigenvalue weighted by atomic mass is 9.79. The molecule has 0 aromatic heterocycles. The van der Waals surface area contributed by atoms with Crippen molar-refractivity contribution in [1.82, 2.24) is 5.32 Å². The van der Waals surface area contributed by atoms with Crippen LogP contribution in [0.3, 0.4) is 0 Å². The molecule has 0 radical (unpaired) electrons. The Morgan fingerprint density at radius 2 is 1.92 bits per heavy atom. The van der Waals surface area contributed by atoms with Gasteiger partial charge in [-0.3, -0.25) is 9.59 Å². The van der Waals surface area contributed by atoms with Crippen LogP contribution in [-0.4, -0.2) is 37.7 Å². The highest BCUT2D eigenvalue weighted by molar-refractivity contribution is 6.30. The van der Waals surface area contributed by atoms with E-state index in [0.717, 1.165) is 50.7 Å². The summed E-state index contributed by atoms with van der Waals surface area (Å²) in [5.41, 5.74) is 0.263. The number of esters is 1. The summed E-state index contributed by atoms with van der Waals surface area (Å²) < 4.78 is 10.8. The van der Waals surface area contributed by atoms with Crippen molar-refractivity contribution in [1.29, 1.82) is 0 Å². The van der Waals surface area contributed by atoms with Crippen molar-refractivity contribution in [2.24, 2.45) is 0 Å². The average Bonchev–Trinajstić information content (AvgIpc) is 3.30. The van der Waals surface area contributed by atoms with Crippen molar-refractivity contribution in [3.05, 3.63) is 34.9 Å². The van der Waals surface area contributed by atoms with Gasteiger partial charge in [-0.05, 0) is 43.4 Å². The Hall–Kier alpha value is -1.59. The van der Waals surface area contributed by atoms with Crippen molar-refractivity contribution >= 4 is 23.5 Å².